The maximum Gasteiger partial charge on any atom is 0.146 e. The van der Waals surface area contributed by atoms with E-state index in [0.717, 1.165) is 45.5 Å². The molecule has 0 bridgehead atoms. The molecule has 1 saturated heterocycles. The third kappa shape index (κ3) is 3.73. The molecule has 1 N–H and O–H groups in total. The van der Waals surface area contributed by atoms with Crippen molar-refractivity contribution in [1.82, 2.24) is 14.7 Å². The van der Waals surface area contributed by atoms with Crippen molar-refractivity contribution < 1.29 is 4.21 Å². The first-order valence-electron chi connectivity index (χ1n) is 9.93. The van der Waals surface area contributed by atoms with E-state index in [4.69, 9.17) is 4.98 Å². The van der Waals surface area contributed by atoms with E-state index in [9.17, 15) is 4.21 Å². The van der Waals surface area contributed by atoms with Crippen molar-refractivity contribution in [2.75, 3.05) is 18.0 Å². The molecular weight excluding hydrogens is 380 g/mol. The van der Waals surface area contributed by atoms with Gasteiger partial charge in [-0.3, -0.25) is 0 Å². The van der Waals surface area contributed by atoms with Crippen molar-refractivity contribution in [3.8, 4) is 0 Å². The van der Waals surface area contributed by atoms with Crippen LogP contribution in [0.5, 0.6) is 0 Å². The van der Waals surface area contributed by atoms with Gasteiger partial charge in [-0.05, 0) is 47.9 Å². The molecule has 0 amide bonds. The summed E-state index contributed by atoms with van der Waals surface area (Å²) in [4.78, 5) is 12.6. The van der Waals surface area contributed by atoms with Crippen molar-refractivity contribution in [2.45, 2.75) is 24.3 Å². The molecule has 0 saturated carbocycles. The lowest BCUT2D eigenvalue weighted by Gasteiger charge is -2.19. The predicted octanol–water partition coefficient (Wildman–Crippen LogP) is 4.20. The van der Waals surface area contributed by atoms with Gasteiger partial charge in [0.2, 0.25) is 0 Å². The number of rotatable bonds is 5. The van der Waals surface area contributed by atoms with Gasteiger partial charge in [-0.1, -0.05) is 42.5 Å². The fourth-order valence-electron chi connectivity index (χ4n) is 3.85. The summed E-state index contributed by atoms with van der Waals surface area (Å²) in [6.07, 6.45) is 2.38. The minimum atomic E-state index is -1.33. The molecule has 1 fully saturated rings. The molecule has 5 nitrogen and oxygen atoms in total. The molecule has 6 heteroatoms. The molecule has 2 heterocycles. The Hall–Kier alpha value is -2.83. The van der Waals surface area contributed by atoms with E-state index in [1.54, 1.807) is 0 Å². The molecule has 0 aliphatic carbocycles. The molecule has 1 aliphatic rings. The molecule has 4 aromatic rings. The third-order valence-electron chi connectivity index (χ3n) is 5.33. The van der Waals surface area contributed by atoms with Crippen molar-refractivity contribution in [3.05, 3.63) is 72.6 Å². The van der Waals surface area contributed by atoms with Gasteiger partial charge in [0.15, 0.2) is 0 Å². The Kier molecular flexibility index (Phi) is 4.96. The summed E-state index contributed by atoms with van der Waals surface area (Å²) in [5, 5.41) is 3.30. The van der Waals surface area contributed by atoms with Crippen LogP contribution in [0, 0.1) is 0 Å². The first kappa shape index (κ1) is 18.2. The zero-order valence-electron chi connectivity index (χ0n) is 16.0. The largest absolute Gasteiger partial charge is 0.356 e. The molecular formula is C23H22N4OS. The van der Waals surface area contributed by atoms with Gasteiger partial charge in [0, 0.05) is 18.5 Å². The van der Waals surface area contributed by atoms with Crippen LogP contribution in [-0.2, 0) is 17.5 Å². The van der Waals surface area contributed by atoms with Crippen LogP contribution < -0.4 is 9.62 Å². The van der Waals surface area contributed by atoms with E-state index in [-0.39, 0.29) is 0 Å². The normalized spacial score (nSPS) is 15.2. The Balaban J connectivity index is 1.40. The second-order valence-electron chi connectivity index (χ2n) is 7.27. The minimum absolute atomic E-state index is 0.352. The molecule has 5 rings (SSSR count). The standard InChI is InChI=1S/C23H22N4OS/c28-29(19-12-11-17-7-1-2-8-18(17)15-19)24-16-22-25-21-10-4-3-9-20(21)23(26-22)27-13-5-6-14-27/h1-4,7-12,15,24H,5-6,13-14,16H2. The minimum Gasteiger partial charge on any atom is -0.356 e. The second kappa shape index (κ2) is 7.89. The Morgan fingerprint density at radius 3 is 2.52 bits per heavy atom. The Morgan fingerprint density at radius 2 is 1.66 bits per heavy atom. The lowest BCUT2D eigenvalue weighted by atomic mass is 10.1. The van der Waals surface area contributed by atoms with Crippen LogP contribution in [0.2, 0.25) is 0 Å². The van der Waals surface area contributed by atoms with E-state index >= 15 is 0 Å². The van der Waals surface area contributed by atoms with E-state index in [1.165, 1.54) is 12.8 Å². The van der Waals surface area contributed by atoms with Crippen LogP contribution in [0.25, 0.3) is 21.7 Å². The molecule has 1 aliphatic heterocycles. The number of nitrogens with zero attached hydrogens (tertiary/aromatic N) is 3. The van der Waals surface area contributed by atoms with E-state index < -0.39 is 11.0 Å². The number of benzene rings is 3. The maximum atomic E-state index is 12.8. The average molecular weight is 403 g/mol. The van der Waals surface area contributed by atoms with Gasteiger partial charge in [0.05, 0.1) is 17.0 Å². The number of hydrogen-bond donors (Lipinski definition) is 1. The van der Waals surface area contributed by atoms with Gasteiger partial charge in [-0.15, -0.1) is 0 Å². The first-order valence-corrected chi connectivity index (χ1v) is 11.1. The van der Waals surface area contributed by atoms with Crippen molar-refractivity contribution in [3.63, 3.8) is 0 Å². The van der Waals surface area contributed by atoms with Crippen molar-refractivity contribution >= 4 is 38.5 Å². The number of hydrogen-bond acceptors (Lipinski definition) is 4. The molecule has 3 aromatic carbocycles. The number of nitrogens with one attached hydrogen (secondary N) is 1. The highest BCUT2D eigenvalue weighted by Crippen LogP contribution is 2.26. The second-order valence-corrected chi connectivity index (χ2v) is 8.57. The Labute approximate surface area is 172 Å². The Morgan fingerprint density at radius 1 is 0.897 bits per heavy atom. The molecule has 1 aromatic heterocycles. The van der Waals surface area contributed by atoms with Gasteiger partial charge < -0.3 is 4.90 Å². The number of fused-ring (bicyclic) bond motifs is 2. The van der Waals surface area contributed by atoms with Crippen LogP contribution in [0.1, 0.15) is 18.7 Å². The molecule has 1 unspecified atom stereocenters. The fourth-order valence-corrected chi connectivity index (χ4v) is 4.70. The molecule has 1 atom stereocenters. The topological polar surface area (TPSA) is 58.1 Å². The Bertz CT molecular complexity index is 1200. The summed E-state index contributed by atoms with van der Waals surface area (Å²) in [6.45, 7) is 2.40. The highest BCUT2D eigenvalue weighted by Gasteiger charge is 2.18. The van der Waals surface area contributed by atoms with Crippen LogP contribution in [0.4, 0.5) is 5.82 Å². The van der Waals surface area contributed by atoms with Gasteiger partial charge in [-0.25, -0.2) is 18.9 Å². The predicted molar refractivity (Wildman–Crippen MR) is 118 cm³/mol. The monoisotopic (exact) mass is 402 g/mol. The van der Waals surface area contributed by atoms with Gasteiger partial charge in [-0.2, -0.15) is 0 Å². The molecule has 29 heavy (non-hydrogen) atoms. The van der Waals surface area contributed by atoms with Gasteiger partial charge in [0.25, 0.3) is 0 Å². The summed E-state index contributed by atoms with van der Waals surface area (Å²) in [7, 11) is -1.33. The van der Waals surface area contributed by atoms with Crippen LogP contribution in [0.3, 0.4) is 0 Å². The molecule has 0 spiro atoms. The quantitative estimate of drug-likeness (QED) is 0.544. The van der Waals surface area contributed by atoms with Crippen LogP contribution in [-0.4, -0.2) is 27.3 Å². The highest BCUT2D eigenvalue weighted by atomic mass is 32.2. The first-order chi connectivity index (χ1) is 14.3. The zero-order chi connectivity index (χ0) is 19.6. The summed E-state index contributed by atoms with van der Waals surface area (Å²) in [5.41, 5.74) is 0.928. The summed E-state index contributed by atoms with van der Waals surface area (Å²) in [5.74, 6) is 1.65. The number of anilines is 1. The van der Waals surface area contributed by atoms with Crippen molar-refractivity contribution in [2.24, 2.45) is 0 Å². The van der Waals surface area contributed by atoms with E-state index in [1.807, 2.05) is 54.6 Å². The summed E-state index contributed by atoms with van der Waals surface area (Å²) in [6, 6.07) is 22.1. The van der Waals surface area contributed by atoms with E-state index in [0.29, 0.717) is 12.4 Å². The number of para-hydroxylation sites is 1. The smallest absolute Gasteiger partial charge is 0.146 e. The number of aromatic nitrogens is 2. The fraction of sp³-hybridized carbons (Fsp3) is 0.217. The molecule has 146 valence electrons. The third-order valence-corrected chi connectivity index (χ3v) is 6.42. The van der Waals surface area contributed by atoms with Gasteiger partial charge >= 0.3 is 0 Å². The van der Waals surface area contributed by atoms with Crippen molar-refractivity contribution in [1.29, 1.82) is 0 Å². The lowest BCUT2D eigenvalue weighted by Crippen LogP contribution is -2.22. The lowest BCUT2D eigenvalue weighted by molar-refractivity contribution is 0.669. The van der Waals surface area contributed by atoms with Gasteiger partial charge in [0.1, 0.15) is 22.6 Å². The van der Waals surface area contributed by atoms with E-state index in [2.05, 4.69) is 26.7 Å². The van der Waals surface area contributed by atoms with Crippen LogP contribution in [0.15, 0.2) is 71.6 Å². The maximum absolute atomic E-state index is 12.8. The zero-order valence-corrected chi connectivity index (χ0v) is 16.9. The van der Waals surface area contributed by atoms with Crippen LogP contribution >= 0.6 is 0 Å². The average Bonchev–Trinajstić information content (AvgIpc) is 3.31. The molecule has 0 radical (unpaired) electrons. The SMILES string of the molecule is O=S(NCc1nc(N2CCCC2)c2ccccc2n1)c1ccc2ccccc2c1. The summed E-state index contributed by atoms with van der Waals surface area (Å²) >= 11 is 0. The highest BCUT2D eigenvalue weighted by molar-refractivity contribution is 7.83. The summed E-state index contributed by atoms with van der Waals surface area (Å²) < 4.78 is 15.9.